The number of halogens is 6. The summed E-state index contributed by atoms with van der Waals surface area (Å²) >= 11 is 0. The van der Waals surface area contributed by atoms with Crippen molar-refractivity contribution in [3.63, 3.8) is 0 Å². The molecule has 0 aromatic carbocycles. The molecule has 2 saturated heterocycles. The van der Waals surface area contributed by atoms with E-state index >= 15 is 0 Å². The third-order valence-electron chi connectivity index (χ3n) is 4.22. The zero-order chi connectivity index (χ0) is 22.1. The van der Waals surface area contributed by atoms with Gasteiger partial charge < -0.3 is 0 Å². The van der Waals surface area contributed by atoms with E-state index < -0.39 is 13.4 Å². The molecule has 2 aliphatic rings. The van der Waals surface area contributed by atoms with E-state index in [0.29, 0.717) is 11.5 Å². The van der Waals surface area contributed by atoms with Crippen LogP contribution in [0.1, 0.15) is 25.7 Å². The molecule has 2 fully saturated rings. The molecule has 0 amide bonds. The summed E-state index contributed by atoms with van der Waals surface area (Å²) in [5, 5.41) is 7.83. The van der Waals surface area contributed by atoms with E-state index in [0.717, 1.165) is 56.7 Å². The SMILES string of the molecule is F[P-](F)(F)(F)(F)F.O=c1c2ncncc2nnn1OC(N1CCCC1)=[N+]1CCCC1. The van der Waals surface area contributed by atoms with E-state index in [9.17, 15) is 30.0 Å². The zero-order valence-electron chi connectivity index (χ0n) is 15.5. The van der Waals surface area contributed by atoms with Gasteiger partial charge in [0.25, 0.3) is 0 Å². The van der Waals surface area contributed by atoms with Crippen LogP contribution in [0.3, 0.4) is 0 Å². The number of aromatic nitrogens is 5. The molecule has 4 rings (SSSR count). The van der Waals surface area contributed by atoms with Crippen molar-refractivity contribution in [3.05, 3.63) is 22.9 Å². The predicted octanol–water partition coefficient (Wildman–Crippen LogP) is 2.65. The standard InChI is InChI=1S/C14H18N7O2.F6P/c22-13-12-11(9-15-10-16-12)17-18-21(13)23-14(19-5-1-2-6-19)20-7-3-4-8-20;1-7(2,3,4,5)6/h9-10H,1-8H2;/q+1;-1. The van der Waals surface area contributed by atoms with Crippen LogP contribution in [0, 0.1) is 0 Å². The first-order valence-electron chi connectivity index (χ1n) is 8.95. The summed E-state index contributed by atoms with van der Waals surface area (Å²) in [7, 11) is -10.7. The smallest absolute Gasteiger partial charge is 0.275 e. The fraction of sp³-hybridized carbons (Fsp3) is 0.571. The van der Waals surface area contributed by atoms with E-state index in [2.05, 4.69) is 29.8 Å². The van der Waals surface area contributed by atoms with Gasteiger partial charge in [0, 0.05) is 0 Å². The van der Waals surface area contributed by atoms with Crippen molar-refractivity contribution in [1.29, 1.82) is 0 Å². The molecule has 16 heteroatoms. The van der Waals surface area contributed by atoms with Crippen LogP contribution in [0.5, 0.6) is 0 Å². The molecule has 0 bridgehead atoms. The van der Waals surface area contributed by atoms with Crippen LogP contribution in [-0.4, -0.2) is 66.8 Å². The number of rotatable bonds is 1. The molecule has 0 N–H and O–H groups in total. The first-order valence-corrected chi connectivity index (χ1v) is 11.0. The second kappa shape index (κ2) is 7.29. The number of fused-ring (bicyclic) bond motifs is 1. The van der Waals surface area contributed by atoms with E-state index in [1.165, 1.54) is 12.5 Å². The van der Waals surface area contributed by atoms with Gasteiger partial charge in [0.15, 0.2) is 5.52 Å². The Balaban J connectivity index is 0.000000318. The molecule has 0 aliphatic carbocycles. The molecule has 0 radical (unpaired) electrons. The summed E-state index contributed by atoms with van der Waals surface area (Å²) in [6, 6.07) is 0.699. The molecule has 9 nitrogen and oxygen atoms in total. The molecule has 168 valence electrons. The minimum Gasteiger partial charge on any atom is -0.275 e. The molecule has 4 heterocycles. The van der Waals surface area contributed by atoms with Gasteiger partial charge in [-0.15, -0.1) is 5.10 Å². The number of amidine groups is 1. The summed E-state index contributed by atoms with van der Waals surface area (Å²) in [6.45, 7) is 3.74. The van der Waals surface area contributed by atoms with Crippen LogP contribution in [0.15, 0.2) is 17.3 Å². The largest absolute Gasteiger partial charge is 0.472 e. The number of nitrogens with zero attached hydrogens (tertiary/aromatic N) is 7. The molecule has 0 spiro atoms. The summed E-state index contributed by atoms with van der Waals surface area (Å²) in [5.41, 5.74) is 0.145. The van der Waals surface area contributed by atoms with Crippen molar-refractivity contribution in [3.8, 4) is 0 Å². The van der Waals surface area contributed by atoms with Crippen molar-refractivity contribution < 1.29 is 34.6 Å². The summed E-state index contributed by atoms with van der Waals surface area (Å²) in [6.07, 6.45) is 7.31. The Hall–Kier alpha value is -2.57. The minimum absolute atomic E-state index is 0.206. The van der Waals surface area contributed by atoms with Crippen molar-refractivity contribution >= 4 is 24.9 Å². The fourth-order valence-electron chi connectivity index (χ4n) is 3.05. The van der Waals surface area contributed by atoms with Gasteiger partial charge in [-0.2, -0.15) is 0 Å². The molecular formula is C14H18F6N7O2P. The van der Waals surface area contributed by atoms with E-state index in [1.54, 1.807) is 0 Å². The summed E-state index contributed by atoms with van der Waals surface area (Å²) < 4.78 is 61.4. The molecule has 2 aliphatic heterocycles. The Morgan fingerprint density at radius 3 is 2.23 bits per heavy atom. The number of hydrogen-bond donors (Lipinski definition) is 0. The van der Waals surface area contributed by atoms with Crippen molar-refractivity contribution in [2.75, 3.05) is 26.2 Å². The molecule has 30 heavy (non-hydrogen) atoms. The summed E-state index contributed by atoms with van der Waals surface area (Å²) in [4.78, 5) is 29.3. The Bertz CT molecular complexity index is 1000. The number of hydrogen-bond acceptors (Lipinski definition) is 6. The molecule has 0 unspecified atom stereocenters. The average Bonchev–Trinajstić information content (AvgIpc) is 3.33. The van der Waals surface area contributed by atoms with E-state index in [1.807, 2.05) is 0 Å². The second-order valence-electron chi connectivity index (χ2n) is 6.74. The van der Waals surface area contributed by atoms with Crippen LogP contribution in [-0.2, 0) is 0 Å². The molecule has 2 aromatic rings. The number of likely N-dealkylation sites (tertiary alicyclic amines) is 1. The van der Waals surface area contributed by atoms with Gasteiger partial charge in [0.2, 0.25) is 0 Å². The third kappa shape index (κ3) is 6.75. The van der Waals surface area contributed by atoms with Crippen LogP contribution < -0.4 is 10.4 Å². The first kappa shape index (κ1) is 22.1. The molecule has 2 aromatic heterocycles. The Labute approximate surface area is 165 Å². The quantitative estimate of drug-likeness (QED) is 0.279. The normalized spacial score (nSPS) is 19.1. The Kier molecular flexibility index (Phi) is 5.37. The van der Waals surface area contributed by atoms with Gasteiger partial charge in [-0.1, -0.05) is 0 Å². The van der Waals surface area contributed by atoms with Crippen molar-refractivity contribution in [2.45, 2.75) is 25.7 Å². The van der Waals surface area contributed by atoms with Crippen LogP contribution in [0.4, 0.5) is 25.2 Å². The zero-order valence-corrected chi connectivity index (χ0v) is 16.4. The topological polar surface area (TPSA) is 89.0 Å². The molecule has 0 saturated carbocycles. The van der Waals surface area contributed by atoms with Gasteiger partial charge in [-0.05, 0) is 35.7 Å². The maximum Gasteiger partial charge on any atom is 0.472 e. The summed E-state index contributed by atoms with van der Waals surface area (Å²) in [5.74, 6) is 0. The predicted molar refractivity (Wildman–Crippen MR) is 94.6 cm³/mol. The van der Waals surface area contributed by atoms with Gasteiger partial charge >= 0.3 is 44.6 Å². The monoisotopic (exact) mass is 461 g/mol. The minimum atomic E-state index is -10.7. The van der Waals surface area contributed by atoms with Gasteiger partial charge in [-0.25, -0.2) is 19.4 Å². The first-order chi connectivity index (χ1) is 13.8. The van der Waals surface area contributed by atoms with Crippen LogP contribution >= 0.6 is 7.81 Å². The van der Waals surface area contributed by atoms with Crippen molar-refractivity contribution in [1.82, 2.24) is 30.0 Å². The maximum absolute atomic E-state index is 12.5. The van der Waals surface area contributed by atoms with Crippen molar-refractivity contribution in [2.24, 2.45) is 0 Å². The maximum atomic E-state index is 12.5. The Morgan fingerprint density at radius 1 is 1.03 bits per heavy atom. The van der Waals surface area contributed by atoms with Gasteiger partial charge in [-0.3, -0.25) is 9.63 Å². The van der Waals surface area contributed by atoms with Crippen LogP contribution in [0.2, 0.25) is 0 Å². The third-order valence-corrected chi connectivity index (χ3v) is 4.22. The van der Waals surface area contributed by atoms with Gasteiger partial charge in [0.05, 0.1) is 32.4 Å². The Morgan fingerprint density at radius 2 is 1.63 bits per heavy atom. The van der Waals surface area contributed by atoms with E-state index in [4.69, 9.17) is 4.84 Å². The molecular weight excluding hydrogens is 443 g/mol. The second-order valence-corrected chi connectivity index (χ2v) is 8.66. The van der Waals surface area contributed by atoms with E-state index in [-0.39, 0.29) is 5.52 Å². The van der Waals surface area contributed by atoms with Gasteiger partial charge in [0.1, 0.15) is 11.8 Å². The van der Waals surface area contributed by atoms with Crippen LogP contribution in [0.25, 0.3) is 11.0 Å². The fourth-order valence-corrected chi connectivity index (χ4v) is 3.05. The average molecular weight is 461 g/mol. The molecule has 0 atom stereocenters.